The molecular formula is C10H16N2O. The number of carbonyl (C=O) groups is 1. The summed E-state index contributed by atoms with van der Waals surface area (Å²) in [6.07, 6.45) is 8.38. The molecule has 0 unspecified atom stereocenters. The fourth-order valence-electron chi connectivity index (χ4n) is 0.730. The van der Waals surface area contributed by atoms with Crippen LogP contribution in [0.25, 0.3) is 0 Å². The molecule has 72 valence electrons. The van der Waals surface area contributed by atoms with Crippen molar-refractivity contribution in [2.24, 2.45) is 0 Å². The van der Waals surface area contributed by atoms with E-state index in [9.17, 15) is 4.79 Å². The van der Waals surface area contributed by atoms with Gasteiger partial charge in [0, 0.05) is 19.7 Å². The van der Waals surface area contributed by atoms with E-state index < -0.39 is 0 Å². The van der Waals surface area contributed by atoms with Gasteiger partial charge in [0.25, 0.3) is 0 Å². The van der Waals surface area contributed by atoms with Crippen molar-refractivity contribution in [1.29, 1.82) is 0 Å². The minimum absolute atomic E-state index is 0.0594. The third-order valence-corrected chi connectivity index (χ3v) is 1.48. The standard InChI is InChI=1S/C10H16N2O/c1-4-9-12(3)10(13)7-6-8-11-5-2/h1,6-7,11H,5,8-9H2,2-3H3/b7-6+. The van der Waals surface area contributed by atoms with E-state index in [1.54, 1.807) is 13.1 Å². The minimum Gasteiger partial charge on any atom is -0.331 e. The molecule has 3 nitrogen and oxygen atoms in total. The molecule has 1 amide bonds. The normalized spacial score (nSPS) is 9.92. The van der Waals surface area contributed by atoms with Crippen molar-refractivity contribution >= 4 is 5.91 Å². The SMILES string of the molecule is C#CCN(C)C(=O)/C=C/CNCC. The van der Waals surface area contributed by atoms with Gasteiger partial charge < -0.3 is 10.2 Å². The third kappa shape index (κ3) is 5.94. The Morgan fingerprint density at radius 1 is 1.69 bits per heavy atom. The Balaban J connectivity index is 3.73. The molecule has 0 aromatic carbocycles. The Kier molecular flexibility index (Phi) is 6.66. The first kappa shape index (κ1) is 11.7. The first-order valence-corrected chi connectivity index (χ1v) is 4.28. The Hall–Kier alpha value is -1.27. The molecule has 0 aliphatic carbocycles. The molecule has 0 fully saturated rings. The third-order valence-electron chi connectivity index (χ3n) is 1.48. The number of nitrogens with zero attached hydrogens (tertiary/aromatic N) is 1. The molecule has 0 rings (SSSR count). The van der Waals surface area contributed by atoms with Gasteiger partial charge in [-0.3, -0.25) is 4.79 Å². The topological polar surface area (TPSA) is 32.3 Å². The van der Waals surface area contributed by atoms with E-state index in [1.165, 1.54) is 11.0 Å². The van der Waals surface area contributed by atoms with Crippen molar-refractivity contribution in [2.75, 3.05) is 26.7 Å². The maximum absolute atomic E-state index is 11.2. The number of rotatable bonds is 5. The van der Waals surface area contributed by atoms with Gasteiger partial charge in [0.15, 0.2) is 0 Å². The molecule has 0 saturated heterocycles. The van der Waals surface area contributed by atoms with E-state index >= 15 is 0 Å². The van der Waals surface area contributed by atoms with E-state index in [2.05, 4.69) is 11.2 Å². The molecule has 0 aliphatic heterocycles. The zero-order valence-electron chi connectivity index (χ0n) is 8.21. The van der Waals surface area contributed by atoms with Gasteiger partial charge in [-0.25, -0.2) is 0 Å². The van der Waals surface area contributed by atoms with Gasteiger partial charge in [0.1, 0.15) is 0 Å². The summed E-state index contributed by atoms with van der Waals surface area (Å²) in [5.41, 5.74) is 0. The number of likely N-dealkylation sites (N-methyl/N-ethyl adjacent to an activating group) is 2. The highest BCUT2D eigenvalue weighted by atomic mass is 16.2. The van der Waals surface area contributed by atoms with Crippen molar-refractivity contribution in [2.45, 2.75) is 6.92 Å². The van der Waals surface area contributed by atoms with E-state index in [1.807, 2.05) is 6.92 Å². The lowest BCUT2D eigenvalue weighted by atomic mass is 10.4. The predicted molar refractivity (Wildman–Crippen MR) is 54.2 cm³/mol. The second-order valence-corrected chi connectivity index (χ2v) is 2.61. The van der Waals surface area contributed by atoms with Crippen LogP contribution in [0.5, 0.6) is 0 Å². The van der Waals surface area contributed by atoms with E-state index in [-0.39, 0.29) is 5.91 Å². The summed E-state index contributed by atoms with van der Waals surface area (Å²) in [5.74, 6) is 2.35. The van der Waals surface area contributed by atoms with E-state index in [4.69, 9.17) is 6.42 Å². The molecule has 0 aromatic rings. The Bertz CT molecular complexity index is 215. The molecule has 0 saturated carbocycles. The number of nitrogens with one attached hydrogen (secondary N) is 1. The van der Waals surface area contributed by atoms with Gasteiger partial charge >= 0.3 is 0 Å². The van der Waals surface area contributed by atoms with Gasteiger partial charge in [-0.1, -0.05) is 18.9 Å². The van der Waals surface area contributed by atoms with Gasteiger partial charge in [0.05, 0.1) is 6.54 Å². The second kappa shape index (κ2) is 7.38. The van der Waals surface area contributed by atoms with Crippen molar-refractivity contribution in [3.8, 4) is 12.3 Å². The second-order valence-electron chi connectivity index (χ2n) is 2.61. The van der Waals surface area contributed by atoms with Gasteiger partial charge in [0.2, 0.25) is 5.91 Å². The number of amides is 1. The van der Waals surface area contributed by atoms with Gasteiger partial charge in [-0.05, 0) is 6.54 Å². The average Bonchev–Trinajstić information content (AvgIpc) is 2.12. The van der Waals surface area contributed by atoms with Gasteiger partial charge in [-0.2, -0.15) is 0 Å². The molecule has 13 heavy (non-hydrogen) atoms. The lowest BCUT2D eigenvalue weighted by Gasteiger charge is -2.09. The van der Waals surface area contributed by atoms with Crippen LogP contribution >= 0.6 is 0 Å². The fraction of sp³-hybridized carbons (Fsp3) is 0.500. The van der Waals surface area contributed by atoms with Crippen LogP contribution in [0.15, 0.2) is 12.2 Å². The minimum atomic E-state index is -0.0594. The van der Waals surface area contributed by atoms with Crippen molar-refractivity contribution < 1.29 is 4.79 Å². The van der Waals surface area contributed by atoms with E-state index in [0.717, 1.165) is 6.54 Å². The summed E-state index contributed by atoms with van der Waals surface area (Å²) >= 11 is 0. The summed E-state index contributed by atoms with van der Waals surface area (Å²) in [6, 6.07) is 0. The summed E-state index contributed by atoms with van der Waals surface area (Å²) in [4.78, 5) is 12.7. The average molecular weight is 180 g/mol. The quantitative estimate of drug-likeness (QED) is 0.373. The smallest absolute Gasteiger partial charge is 0.246 e. The highest BCUT2D eigenvalue weighted by Crippen LogP contribution is 1.85. The molecule has 0 aromatic heterocycles. The van der Waals surface area contributed by atoms with Crippen LogP contribution in [0.2, 0.25) is 0 Å². The Labute approximate surface area is 79.8 Å². The van der Waals surface area contributed by atoms with Crippen molar-refractivity contribution in [1.82, 2.24) is 10.2 Å². The molecule has 0 radical (unpaired) electrons. The lowest BCUT2D eigenvalue weighted by molar-refractivity contribution is -0.124. The number of terminal acetylenes is 1. The summed E-state index contributed by atoms with van der Waals surface area (Å²) in [7, 11) is 1.68. The molecule has 3 heteroatoms. The van der Waals surface area contributed by atoms with Crippen LogP contribution in [0, 0.1) is 12.3 Å². The van der Waals surface area contributed by atoms with Gasteiger partial charge in [-0.15, -0.1) is 6.42 Å². The van der Waals surface area contributed by atoms with Crippen LogP contribution in [-0.2, 0) is 4.79 Å². The molecule has 1 N–H and O–H groups in total. The zero-order chi connectivity index (χ0) is 10.1. The van der Waals surface area contributed by atoms with E-state index in [0.29, 0.717) is 13.1 Å². The molecule has 0 spiro atoms. The Morgan fingerprint density at radius 3 is 2.92 bits per heavy atom. The van der Waals surface area contributed by atoms with Crippen molar-refractivity contribution in [3.05, 3.63) is 12.2 Å². The summed E-state index contributed by atoms with van der Waals surface area (Å²) in [5, 5.41) is 3.08. The number of hydrogen-bond donors (Lipinski definition) is 1. The van der Waals surface area contributed by atoms with Crippen LogP contribution < -0.4 is 5.32 Å². The molecule has 0 bridgehead atoms. The zero-order valence-corrected chi connectivity index (χ0v) is 8.21. The summed E-state index contributed by atoms with van der Waals surface area (Å²) < 4.78 is 0. The fourth-order valence-corrected chi connectivity index (χ4v) is 0.730. The Morgan fingerprint density at radius 2 is 2.38 bits per heavy atom. The maximum Gasteiger partial charge on any atom is 0.246 e. The number of carbonyl (C=O) groups excluding carboxylic acids is 1. The highest BCUT2D eigenvalue weighted by Gasteiger charge is 2.00. The maximum atomic E-state index is 11.2. The summed E-state index contributed by atoms with van der Waals surface area (Å²) in [6.45, 7) is 3.98. The monoisotopic (exact) mass is 180 g/mol. The highest BCUT2D eigenvalue weighted by molar-refractivity contribution is 5.87. The first-order valence-electron chi connectivity index (χ1n) is 4.28. The first-order chi connectivity index (χ1) is 6.22. The van der Waals surface area contributed by atoms with Crippen molar-refractivity contribution in [3.63, 3.8) is 0 Å². The number of hydrogen-bond acceptors (Lipinski definition) is 2. The van der Waals surface area contributed by atoms with Crippen LogP contribution in [0.1, 0.15) is 6.92 Å². The largest absolute Gasteiger partial charge is 0.331 e. The molecular weight excluding hydrogens is 164 g/mol. The van der Waals surface area contributed by atoms with Crippen LogP contribution in [0.3, 0.4) is 0 Å². The lowest BCUT2D eigenvalue weighted by Crippen LogP contribution is -2.25. The molecule has 0 heterocycles. The predicted octanol–water partition coefficient (Wildman–Crippen LogP) is 0.244. The molecule has 0 aliphatic rings. The van der Waals surface area contributed by atoms with Crippen LogP contribution in [0.4, 0.5) is 0 Å². The molecule has 0 atom stereocenters. The van der Waals surface area contributed by atoms with Crippen LogP contribution in [-0.4, -0.2) is 37.5 Å².